The highest BCUT2D eigenvalue weighted by atomic mass is 32.2. The van der Waals surface area contributed by atoms with Gasteiger partial charge in [-0.25, -0.2) is 21.8 Å². The van der Waals surface area contributed by atoms with Gasteiger partial charge in [-0.05, 0) is 50.1 Å². The van der Waals surface area contributed by atoms with E-state index < -0.39 is 31.8 Å². The first-order chi connectivity index (χ1) is 14.6. The molecule has 0 aliphatic carbocycles. The largest absolute Gasteiger partial charge is 0.301 e. The van der Waals surface area contributed by atoms with E-state index in [4.69, 9.17) is 0 Å². The van der Waals surface area contributed by atoms with E-state index in [9.17, 15) is 21.6 Å². The van der Waals surface area contributed by atoms with Gasteiger partial charge in [0.2, 0.25) is 15.9 Å². The van der Waals surface area contributed by atoms with Gasteiger partial charge in [-0.15, -0.1) is 0 Å². The lowest BCUT2D eigenvalue weighted by Gasteiger charge is -2.23. The Morgan fingerprint density at radius 1 is 1.10 bits per heavy atom. The van der Waals surface area contributed by atoms with Crippen LogP contribution in [0, 0.1) is 6.92 Å². The van der Waals surface area contributed by atoms with Crippen LogP contribution in [-0.2, 0) is 24.7 Å². The molecule has 11 heteroatoms. The average molecular weight is 480 g/mol. The first-order valence-corrected chi connectivity index (χ1v) is 13.7. The normalized spacial score (nSPS) is 17.8. The zero-order chi connectivity index (χ0) is 22.4. The number of aromatic nitrogens is 1. The number of nitrogens with one attached hydrogen (secondary N) is 1. The predicted octanol–water partition coefficient (Wildman–Crippen LogP) is 2.80. The van der Waals surface area contributed by atoms with E-state index in [2.05, 4.69) is 10.3 Å². The SMILES string of the molecule is Cc1ccc(S(=O)(=O)N2CCC[C@H]2C(=O)Nc2nc3ccc(S(C)(=O)=O)cc3s2)cc1. The van der Waals surface area contributed by atoms with E-state index in [1.165, 1.54) is 16.4 Å². The van der Waals surface area contributed by atoms with E-state index in [0.29, 0.717) is 28.2 Å². The highest BCUT2D eigenvalue weighted by molar-refractivity contribution is 7.90. The summed E-state index contributed by atoms with van der Waals surface area (Å²) in [5, 5.41) is 3.00. The van der Waals surface area contributed by atoms with Crippen LogP contribution >= 0.6 is 11.3 Å². The molecular formula is C20H21N3O5S3. The number of benzene rings is 2. The maximum absolute atomic E-state index is 13.1. The zero-order valence-corrected chi connectivity index (χ0v) is 19.4. The summed E-state index contributed by atoms with van der Waals surface area (Å²) < 4.78 is 51.5. The Morgan fingerprint density at radius 3 is 2.45 bits per heavy atom. The number of carbonyl (C=O) groups is 1. The summed E-state index contributed by atoms with van der Waals surface area (Å²) in [7, 11) is -7.16. The quantitative estimate of drug-likeness (QED) is 0.602. The fourth-order valence-corrected chi connectivity index (χ4v) is 6.80. The number of carbonyl (C=O) groups excluding carboxylic acids is 1. The van der Waals surface area contributed by atoms with Crippen molar-refractivity contribution in [2.45, 2.75) is 35.6 Å². The third kappa shape index (κ3) is 4.36. The summed E-state index contributed by atoms with van der Waals surface area (Å²) in [6, 6.07) is 10.3. The number of hydrogen-bond donors (Lipinski definition) is 1. The molecule has 4 rings (SSSR count). The Kier molecular flexibility index (Phi) is 5.63. The molecule has 0 spiro atoms. The second-order valence-corrected chi connectivity index (χ2v) is 12.4. The number of aryl methyl sites for hydroxylation is 1. The monoisotopic (exact) mass is 479 g/mol. The second kappa shape index (κ2) is 7.97. The van der Waals surface area contributed by atoms with Crippen LogP contribution in [0.1, 0.15) is 18.4 Å². The lowest BCUT2D eigenvalue weighted by Crippen LogP contribution is -2.43. The number of hydrogen-bond acceptors (Lipinski definition) is 7. The molecule has 1 atom stereocenters. The Balaban J connectivity index is 1.57. The van der Waals surface area contributed by atoms with E-state index in [1.807, 2.05) is 6.92 Å². The van der Waals surface area contributed by atoms with Crippen LogP contribution in [0.25, 0.3) is 10.2 Å². The van der Waals surface area contributed by atoms with Crippen LogP contribution in [0.5, 0.6) is 0 Å². The molecule has 3 aromatic rings. The van der Waals surface area contributed by atoms with Crippen LogP contribution in [0.4, 0.5) is 5.13 Å². The van der Waals surface area contributed by atoms with Gasteiger partial charge in [0.25, 0.3) is 0 Å². The molecule has 0 radical (unpaired) electrons. The lowest BCUT2D eigenvalue weighted by molar-refractivity contribution is -0.119. The number of fused-ring (bicyclic) bond motifs is 1. The molecule has 31 heavy (non-hydrogen) atoms. The number of rotatable bonds is 5. The molecule has 1 saturated heterocycles. The molecule has 1 fully saturated rings. The van der Waals surface area contributed by atoms with Crippen LogP contribution in [-0.4, -0.2) is 50.9 Å². The molecule has 2 heterocycles. The molecule has 1 aliphatic heterocycles. The third-order valence-electron chi connectivity index (χ3n) is 5.15. The molecule has 1 N–H and O–H groups in total. The lowest BCUT2D eigenvalue weighted by atomic mass is 10.2. The fourth-order valence-electron chi connectivity index (χ4n) is 3.51. The molecule has 8 nitrogen and oxygen atoms in total. The van der Waals surface area contributed by atoms with Gasteiger partial charge in [0, 0.05) is 12.8 Å². The van der Waals surface area contributed by atoms with Gasteiger partial charge in [0.05, 0.1) is 20.0 Å². The summed E-state index contributed by atoms with van der Waals surface area (Å²) in [6.07, 6.45) is 2.13. The van der Waals surface area contributed by atoms with Crippen molar-refractivity contribution in [3.05, 3.63) is 48.0 Å². The summed E-state index contributed by atoms with van der Waals surface area (Å²) >= 11 is 1.15. The number of thiazole rings is 1. The molecule has 1 aromatic heterocycles. The first-order valence-electron chi connectivity index (χ1n) is 9.56. The van der Waals surface area contributed by atoms with Crippen molar-refractivity contribution >= 4 is 52.5 Å². The molecule has 1 amide bonds. The molecule has 164 valence electrons. The smallest absolute Gasteiger partial charge is 0.244 e. The summed E-state index contributed by atoms with van der Waals surface area (Å²) in [5.41, 5.74) is 1.51. The Hall–Kier alpha value is -2.34. The van der Waals surface area contributed by atoms with Gasteiger partial charge >= 0.3 is 0 Å². The molecule has 0 saturated carbocycles. The third-order valence-corrected chi connectivity index (χ3v) is 9.12. The second-order valence-electron chi connectivity index (χ2n) is 7.50. The molecule has 0 bridgehead atoms. The molecule has 1 aliphatic rings. The van der Waals surface area contributed by atoms with E-state index in [1.54, 1.807) is 30.3 Å². The Labute approximate surface area is 184 Å². The molecular weight excluding hydrogens is 458 g/mol. The number of nitrogens with zero attached hydrogens (tertiary/aromatic N) is 2. The van der Waals surface area contributed by atoms with Crippen molar-refractivity contribution in [2.75, 3.05) is 18.1 Å². The van der Waals surface area contributed by atoms with Crippen molar-refractivity contribution in [2.24, 2.45) is 0 Å². The number of sulfone groups is 1. The average Bonchev–Trinajstić information content (AvgIpc) is 3.34. The first kappa shape index (κ1) is 21.9. The summed E-state index contributed by atoms with van der Waals surface area (Å²) in [6.45, 7) is 2.14. The van der Waals surface area contributed by atoms with Crippen LogP contribution in [0.15, 0.2) is 52.3 Å². The van der Waals surface area contributed by atoms with Gasteiger partial charge in [0.15, 0.2) is 15.0 Å². The van der Waals surface area contributed by atoms with Crippen LogP contribution in [0.3, 0.4) is 0 Å². The van der Waals surface area contributed by atoms with Crippen molar-refractivity contribution in [1.29, 1.82) is 0 Å². The van der Waals surface area contributed by atoms with Gasteiger partial charge in [-0.1, -0.05) is 29.0 Å². The number of anilines is 1. The van der Waals surface area contributed by atoms with Gasteiger partial charge in [-0.3, -0.25) is 4.79 Å². The standard InChI is InChI=1S/C20H21N3O5S3/c1-13-5-7-14(8-6-13)31(27,28)23-11-3-4-17(23)19(24)22-20-21-16-10-9-15(30(2,25)26)12-18(16)29-20/h5-10,12,17H,3-4,11H2,1-2H3,(H,21,22,24)/t17-/m0/s1. The van der Waals surface area contributed by atoms with Crippen molar-refractivity contribution < 1.29 is 21.6 Å². The minimum atomic E-state index is -3.80. The minimum absolute atomic E-state index is 0.158. The summed E-state index contributed by atoms with van der Waals surface area (Å²) in [4.78, 5) is 17.6. The van der Waals surface area contributed by atoms with E-state index >= 15 is 0 Å². The van der Waals surface area contributed by atoms with Crippen molar-refractivity contribution in [3.63, 3.8) is 0 Å². The Morgan fingerprint density at radius 2 is 1.77 bits per heavy atom. The number of sulfonamides is 1. The van der Waals surface area contributed by atoms with Gasteiger partial charge < -0.3 is 5.32 Å². The van der Waals surface area contributed by atoms with Crippen LogP contribution in [0.2, 0.25) is 0 Å². The molecule has 2 aromatic carbocycles. The highest BCUT2D eigenvalue weighted by Gasteiger charge is 2.39. The van der Waals surface area contributed by atoms with E-state index in [-0.39, 0.29) is 16.3 Å². The van der Waals surface area contributed by atoms with Crippen molar-refractivity contribution in [1.82, 2.24) is 9.29 Å². The highest BCUT2D eigenvalue weighted by Crippen LogP contribution is 2.30. The predicted molar refractivity (Wildman–Crippen MR) is 119 cm³/mol. The topological polar surface area (TPSA) is 114 Å². The maximum atomic E-state index is 13.1. The summed E-state index contributed by atoms with van der Waals surface area (Å²) in [5.74, 6) is -0.449. The fraction of sp³-hybridized carbons (Fsp3) is 0.300. The zero-order valence-electron chi connectivity index (χ0n) is 16.9. The van der Waals surface area contributed by atoms with Crippen LogP contribution < -0.4 is 5.32 Å². The van der Waals surface area contributed by atoms with Gasteiger partial charge in [0.1, 0.15) is 6.04 Å². The molecule has 0 unspecified atom stereocenters. The van der Waals surface area contributed by atoms with Gasteiger partial charge in [-0.2, -0.15) is 4.31 Å². The number of amides is 1. The van der Waals surface area contributed by atoms with Crippen molar-refractivity contribution in [3.8, 4) is 0 Å². The Bertz CT molecular complexity index is 1360. The minimum Gasteiger partial charge on any atom is -0.301 e. The van der Waals surface area contributed by atoms with E-state index in [0.717, 1.165) is 23.2 Å². The maximum Gasteiger partial charge on any atom is 0.244 e.